The number of thioether (sulfide) groups is 1. The van der Waals surface area contributed by atoms with E-state index in [0.717, 1.165) is 16.7 Å². The van der Waals surface area contributed by atoms with Gasteiger partial charge >= 0.3 is 0 Å². The molecule has 1 fully saturated rings. The second-order valence-corrected chi connectivity index (χ2v) is 9.42. The summed E-state index contributed by atoms with van der Waals surface area (Å²) in [6, 6.07) is 23.9. The molecule has 0 radical (unpaired) electrons. The van der Waals surface area contributed by atoms with Crippen LogP contribution in [0, 0.1) is 13.8 Å². The SMILES string of the molecule is Cc1ccc(C)c([C@@H](C)NC(=O)c2ccc([C@@H]3SCC(=O)N3Cc3ccccc3)cc2)c1. The Hall–Kier alpha value is -3.05. The Morgan fingerprint density at radius 3 is 2.50 bits per heavy atom. The lowest BCUT2D eigenvalue weighted by atomic mass is 9.99. The topological polar surface area (TPSA) is 49.4 Å². The standard InChI is InChI=1S/C27H28N2O2S/c1-18-9-10-19(2)24(15-18)20(3)28-26(31)22-11-13-23(14-12-22)27-29(25(30)17-32-27)16-21-7-5-4-6-8-21/h4-15,20,27H,16-17H2,1-3H3,(H,28,31)/t20-,27+/m1/s1. The van der Waals surface area contributed by atoms with Crippen molar-refractivity contribution in [2.45, 2.75) is 38.7 Å². The largest absolute Gasteiger partial charge is 0.346 e. The van der Waals surface area contributed by atoms with Crippen molar-refractivity contribution in [1.82, 2.24) is 10.2 Å². The first kappa shape index (κ1) is 22.2. The quantitative estimate of drug-likeness (QED) is 0.541. The molecular formula is C27H28N2O2S. The molecule has 3 aromatic rings. The monoisotopic (exact) mass is 444 g/mol. The number of nitrogens with zero attached hydrogens (tertiary/aromatic N) is 1. The van der Waals surface area contributed by atoms with Crippen molar-refractivity contribution >= 4 is 23.6 Å². The molecule has 2 amide bonds. The maximum atomic E-state index is 12.8. The fourth-order valence-electron chi connectivity index (χ4n) is 4.06. The Morgan fingerprint density at radius 1 is 1.06 bits per heavy atom. The number of amides is 2. The van der Waals surface area contributed by atoms with Gasteiger partial charge in [-0.2, -0.15) is 0 Å². The predicted molar refractivity (Wildman–Crippen MR) is 130 cm³/mol. The van der Waals surface area contributed by atoms with Crippen LogP contribution < -0.4 is 5.32 Å². The van der Waals surface area contributed by atoms with E-state index >= 15 is 0 Å². The van der Waals surface area contributed by atoms with Gasteiger partial charge in [-0.1, -0.05) is 66.2 Å². The van der Waals surface area contributed by atoms with Gasteiger partial charge in [0, 0.05) is 12.1 Å². The summed E-state index contributed by atoms with van der Waals surface area (Å²) in [6.45, 7) is 6.72. The number of nitrogens with one attached hydrogen (secondary N) is 1. The molecule has 1 heterocycles. The summed E-state index contributed by atoms with van der Waals surface area (Å²) in [4.78, 5) is 27.2. The van der Waals surface area contributed by atoms with Gasteiger partial charge in [-0.25, -0.2) is 0 Å². The van der Waals surface area contributed by atoms with Gasteiger partial charge in [0.1, 0.15) is 5.37 Å². The van der Waals surface area contributed by atoms with Gasteiger partial charge < -0.3 is 10.2 Å². The molecule has 1 aliphatic rings. The summed E-state index contributed by atoms with van der Waals surface area (Å²) < 4.78 is 0. The average molecular weight is 445 g/mol. The number of hydrogen-bond acceptors (Lipinski definition) is 3. The molecule has 0 bridgehead atoms. The zero-order valence-corrected chi connectivity index (χ0v) is 19.5. The van der Waals surface area contributed by atoms with E-state index in [-0.39, 0.29) is 23.2 Å². The van der Waals surface area contributed by atoms with Crippen molar-refractivity contribution < 1.29 is 9.59 Å². The second kappa shape index (κ2) is 9.61. The fourth-order valence-corrected chi connectivity index (χ4v) is 5.25. The average Bonchev–Trinajstić information content (AvgIpc) is 3.16. The maximum Gasteiger partial charge on any atom is 0.251 e. The van der Waals surface area contributed by atoms with Gasteiger partial charge in [-0.3, -0.25) is 9.59 Å². The molecule has 32 heavy (non-hydrogen) atoms. The molecule has 3 aromatic carbocycles. The van der Waals surface area contributed by atoms with Crippen molar-refractivity contribution in [2.75, 3.05) is 5.75 Å². The highest BCUT2D eigenvalue weighted by Crippen LogP contribution is 2.39. The van der Waals surface area contributed by atoms with Crippen LogP contribution in [-0.2, 0) is 11.3 Å². The third-order valence-corrected chi connectivity index (χ3v) is 7.13. The second-order valence-electron chi connectivity index (χ2n) is 8.35. The number of carbonyl (C=O) groups is 2. The van der Waals surface area contributed by atoms with E-state index in [1.165, 1.54) is 11.1 Å². The highest BCUT2D eigenvalue weighted by Gasteiger charge is 2.32. The van der Waals surface area contributed by atoms with Crippen LogP contribution in [0.5, 0.6) is 0 Å². The Bertz CT molecular complexity index is 1110. The van der Waals surface area contributed by atoms with E-state index < -0.39 is 0 Å². The third-order valence-electron chi connectivity index (χ3n) is 5.87. The van der Waals surface area contributed by atoms with Gasteiger partial charge in [0.2, 0.25) is 5.91 Å². The Kier molecular flexibility index (Phi) is 6.66. The van der Waals surface area contributed by atoms with Gasteiger partial charge in [0.05, 0.1) is 11.8 Å². The molecular weight excluding hydrogens is 416 g/mol. The normalized spacial score (nSPS) is 16.8. The van der Waals surface area contributed by atoms with Crippen LogP contribution >= 0.6 is 11.8 Å². The summed E-state index contributed by atoms with van der Waals surface area (Å²) in [5.41, 5.74) is 6.25. The van der Waals surface area contributed by atoms with Crippen LogP contribution in [0.25, 0.3) is 0 Å². The first-order valence-corrected chi connectivity index (χ1v) is 11.9. The van der Waals surface area contributed by atoms with Gasteiger partial charge in [0.25, 0.3) is 5.91 Å². The van der Waals surface area contributed by atoms with Gasteiger partial charge in [-0.05, 0) is 55.2 Å². The smallest absolute Gasteiger partial charge is 0.251 e. The minimum Gasteiger partial charge on any atom is -0.346 e. The van der Waals surface area contributed by atoms with Crippen LogP contribution in [0.4, 0.5) is 0 Å². The Morgan fingerprint density at radius 2 is 1.78 bits per heavy atom. The molecule has 0 unspecified atom stereocenters. The fraction of sp³-hybridized carbons (Fsp3) is 0.259. The van der Waals surface area contributed by atoms with Crippen molar-refractivity contribution in [1.29, 1.82) is 0 Å². The summed E-state index contributed by atoms with van der Waals surface area (Å²) in [6.07, 6.45) is 0. The Labute approximate surface area is 194 Å². The lowest BCUT2D eigenvalue weighted by Crippen LogP contribution is -2.28. The van der Waals surface area contributed by atoms with E-state index in [9.17, 15) is 9.59 Å². The lowest BCUT2D eigenvalue weighted by Gasteiger charge is -2.24. The Balaban J connectivity index is 1.45. The summed E-state index contributed by atoms with van der Waals surface area (Å²) in [5, 5.41) is 3.08. The molecule has 0 aromatic heterocycles. The molecule has 1 aliphatic heterocycles. The molecule has 1 saturated heterocycles. The van der Waals surface area contributed by atoms with Gasteiger partial charge in [0.15, 0.2) is 0 Å². The highest BCUT2D eigenvalue weighted by molar-refractivity contribution is 8.00. The molecule has 4 nitrogen and oxygen atoms in total. The molecule has 1 N–H and O–H groups in total. The zero-order chi connectivity index (χ0) is 22.7. The number of rotatable bonds is 6. The van der Waals surface area contributed by atoms with Crippen molar-refractivity contribution in [2.24, 2.45) is 0 Å². The first-order chi connectivity index (χ1) is 15.4. The van der Waals surface area contributed by atoms with Crippen LogP contribution in [0.2, 0.25) is 0 Å². The first-order valence-electron chi connectivity index (χ1n) is 10.9. The minimum atomic E-state index is -0.0961. The van der Waals surface area contributed by atoms with Gasteiger partial charge in [-0.15, -0.1) is 11.8 Å². The summed E-state index contributed by atoms with van der Waals surface area (Å²) in [5.74, 6) is 0.530. The van der Waals surface area contributed by atoms with E-state index in [4.69, 9.17) is 0 Å². The van der Waals surface area contributed by atoms with Crippen molar-refractivity contribution in [3.8, 4) is 0 Å². The highest BCUT2D eigenvalue weighted by atomic mass is 32.2. The van der Waals surface area contributed by atoms with E-state index in [0.29, 0.717) is 17.9 Å². The minimum absolute atomic E-state index is 0.0336. The number of carbonyl (C=O) groups excluding carboxylic acids is 2. The molecule has 2 atom stereocenters. The van der Waals surface area contributed by atoms with Crippen molar-refractivity contribution in [3.63, 3.8) is 0 Å². The lowest BCUT2D eigenvalue weighted by molar-refractivity contribution is -0.128. The molecule has 164 valence electrons. The molecule has 0 saturated carbocycles. The zero-order valence-electron chi connectivity index (χ0n) is 18.7. The molecule has 4 rings (SSSR count). The third kappa shape index (κ3) is 4.89. The van der Waals surface area contributed by atoms with E-state index in [1.807, 2.05) is 66.4 Å². The van der Waals surface area contributed by atoms with E-state index in [2.05, 4.69) is 37.4 Å². The summed E-state index contributed by atoms with van der Waals surface area (Å²) in [7, 11) is 0. The molecule has 5 heteroatoms. The predicted octanol–water partition coefficient (Wildman–Crippen LogP) is 5.57. The van der Waals surface area contributed by atoms with Crippen LogP contribution in [-0.4, -0.2) is 22.5 Å². The molecule has 0 spiro atoms. The molecule has 0 aliphatic carbocycles. The van der Waals surface area contributed by atoms with Crippen LogP contribution in [0.1, 0.15) is 56.5 Å². The maximum absolute atomic E-state index is 12.8. The van der Waals surface area contributed by atoms with Crippen LogP contribution in [0.3, 0.4) is 0 Å². The summed E-state index contributed by atoms with van der Waals surface area (Å²) >= 11 is 1.63. The number of hydrogen-bond donors (Lipinski definition) is 1. The van der Waals surface area contributed by atoms with E-state index in [1.54, 1.807) is 11.8 Å². The van der Waals surface area contributed by atoms with Crippen LogP contribution in [0.15, 0.2) is 72.8 Å². The number of aryl methyl sites for hydroxylation is 2. The number of benzene rings is 3. The van der Waals surface area contributed by atoms with Crippen molar-refractivity contribution in [3.05, 3.63) is 106 Å².